The quantitative estimate of drug-likeness (QED) is 0.781. The molecule has 1 aliphatic heterocycles. The molecule has 1 saturated carbocycles. The number of carbonyl (C=O) groups excluding carboxylic acids is 1. The second kappa shape index (κ2) is 5.74. The summed E-state index contributed by atoms with van der Waals surface area (Å²) >= 11 is 0. The molecule has 0 N–H and O–H groups in total. The predicted octanol–water partition coefficient (Wildman–Crippen LogP) is 2.94. The maximum absolute atomic E-state index is 11.3. The van der Waals surface area contributed by atoms with Crippen molar-refractivity contribution >= 4 is 5.97 Å². The first-order chi connectivity index (χ1) is 9.31. The second-order valence-corrected chi connectivity index (χ2v) is 5.67. The zero-order valence-electron chi connectivity index (χ0n) is 11.1. The molecule has 2 aliphatic rings. The number of benzene rings is 1. The molecule has 3 rings (SSSR count). The minimum atomic E-state index is -0.0131. The lowest BCUT2D eigenvalue weighted by atomic mass is 9.80. The second-order valence-electron chi connectivity index (χ2n) is 5.67. The van der Waals surface area contributed by atoms with Crippen molar-refractivity contribution in [2.45, 2.75) is 38.4 Å². The molecule has 3 nitrogen and oxygen atoms in total. The molecule has 2 fully saturated rings. The van der Waals surface area contributed by atoms with Crippen LogP contribution >= 0.6 is 0 Å². The summed E-state index contributed by atoms with van der Waals surface area (Å²) in [6, 6.07) is 10.2. The van der Waals surface area contributed by atoms with Crippen molar-refractivity contribution in [1.29, 1.82) is 0 Å². The number of carbonyl (C=O) groups is 1. The summed E-state index contributed by atoms with van der Waals surface area (Å²) in [5.41, 5.74) is 1.21. The van der Waals surface area contributed by atoms with Crippen molar-refractivity contribution in [3.8, 4) is 0 Å². The highest BCUT2D eigenvalue weighted by molar-refractivity contribution is 5.72. The number of fused-ring (bicyclic) bond motifs is 1. The molecular weight excluding hydrogens is 240 g/mol. The average Bonchev–Trinajstić information content (AvgIpc) is 2.79. The molecule has 0 radical (unpaired) electrons. The van der Waals surface area contributed by atoms with Gasteiger partial charge >= 0.3 is 5.97 Å². The van der Waals surface area contributed by atoms with Crippen molar-refractivity contribution in [1.82, 2.24) is 0 Å². The van der Waals surface area contributed by atoms with Crippen molar-refractivity contribution in [2.24, 2.45) is 11.8 Å². The fraction of sp³-hybridized carbons (Fsp3) is 0.562. The predicted molar refractivity (Wildman–Crippen MR) is 71.4 cm³/mol. The van der Waals surface area contributed by atoms with Crippen LogP contribution in [0.3, 0.4) is 0 Å². The van der Waals surface area contributed by atoms with E-state index in [0.29, 0.717) is 24.9 Å². The summed E-state index contributed by atoms with van der Waals surface area (Å²) in [4.78, 5) is 11.3. The zero-order valence-corrected chi connectivity index (χ0v) is 11.1. The molecule has 3 heteroatoms. The van der Waals surface area contributed by atoms with Crippen LogP contribution in [-0.4, -0.2) is 18.7 Å². The Balaban J connectivity index is 1.43. The lowest BCUT2D eigenvalue weighted by molar-refractivity contribution is -0.142. The molecule has 0 unspecified atom stereocenters. The van der Waals surface area contributed by atoms with E-state index >= 15 is 0 Å². The molecule has 1 heterocycles. The Kier molecular flexibility index (Phi) is 3.83. The fourth-order valence-electron chi connectivity index (χ4n) is 3.15. The number of esters is 1. The molecule has 0 aromatic heterocycles. The Morgan fingerprint density at radius 2 is 2.05 bits per heavy atom. The summed E-state index contributed by atoms with van der Waals surface area (Å²) in [5.74, 6) is 0.995. The summed E-state index contributed by atoms with van der Waals surface area (Å²) in [6.07, 6.45) is 4.03. The van der Waals surface area contributed by atoms with Crippen LogP contribution in [-0.2, 0) is 20.9 Å². The number of ether oxygens (including phenoxy) is 2. The molecule has 0 spiro atoms. The zero-order chi connectivity index (χ0) is 13.1. The molecule has 1 aromatic carbocycles. The molecular formula is C16H20O3. The highest BCUT2D eigenvalue weighted by Gasteiger charge is 2.39. The lowest BCUT2D eigenvalue weighted by Crippen LogP contribution is -2.28. The fourth-order valence-corrected chi connectivity index (χ4v) is 3.15. The molecule has 19 heavy (non-hydrogen) atoms. The summed E-state index contributed by atoms with van der Waals surface area (Å²) in [7, 11) is 0. The van der Waals surface area contributed by atoms with Crippen LogP contribution in [0.5, 0.6) is 0 Å². The number of hydrogen-bond donors (Lipinski definition) is 0. The van der Waals surface area contributed by atoms with Crippen LogP contribution < -0.4 is 0 Å². The van der Waals surface area contributed by atoms with Gasteiger partial charge in [0.1, 0.15) is 6.10 Å². The van der Waals surface area contributed by atoms with E-state index in [1.165, 1.54) is 5.56 Å². The monoisotopic (exact) mass is 260 g/mol. The van der Waals surface area contributed by atoms with Crippen LogP contribution in [0, 0.1) is 11.8 Å². The van der Waals surface area contributed by atoms with Gasteiger partial charge in [0.05, 0.1) is 13.0 Å². The molecule has 1 saturated heterocycles. The van der Waals surface area contributed by atoms with Crippen LogP contribution in [0.4, 0.5) is 0 Å². The third kappa shape index (κ3) is 3.16. The largest absolute Gasteiger partial charge is 0.462 e. The van der Waals surface area contributed by atoms with Gasteiger partial charge in [-0.15, -0.1) is 0 Å². The highest BCUT2D eigenvalue weighted by atomic mass is 16.6. The van der Waals surface area contributed by atoms with Crippen molar-refractivity contribution in [2.75, 3.05) is 6.61 Å². The van der Waals surface area contributed by atoms with Crippen LogP contribution in [0.15, 0.2) is 30.3 Å². The minimum Gasteiger partial charge on any atom is -0.462 e. The number of rotatable bonds is 4. The van der Waals surface area contributed by atoms with E-state index in [4.69, 9.17) is 9.47 Å². The van der Waals surface area contributed by atoms with Gasteiger partial charge in [-0.25, -0.2) is 0 Å². The molecule has 102 valence electrons. The Morgan fingerprint density at radius 3 is 2.89 bits per heavy atom. The number of hydrogen-bond acceptors (Lipinski definition) is 3. The Morgan fingerprint density at radius 1 is 1.21 bits per heavy atom. The summed E-state index contributed by atoms with van der Waals surface area (Å²) in [5, 5.41) is 0. The normalized spacial score (nSPS) is 29.9. The van der Waals surface area contributed by atoms with E-state index in [2.05, 4.69) is 12.1 Å². The van der Waals surface area contributed by atoms with Gasteiger partial charge in [-0.2, -0.15) is 0 Å². The van der Waals surface area contributed by atoms with Crippen LogP contribution in [0.1, 0.15) is 31.2 Å². The Hall–Kier alpha value is -1.35. The first-order valence-electron chi connectivity index (χ1n) is 7.12. The molecule has 0 bridgehead atoms. The van der Waals surface area contributed by atoms with Gasteiger partial charge in [-0.1, -0.05) is 30.3 Å². The van der Waals surface area contributed by atoms with Gasteiger partial charge in [0.15, 0.2) is 0 Å². The van der Waals surface area contributed by atoms with Gasteiger partial charge in [-0.3, -0.25) is 4.79 Å². The molecule has 1 aromatic rings. The summed E-state index contributed by atoms with van der Waals surface area (Å²) in [6.45, 7) is 1.45. The van der Waals surface area contributed by atoms with E-state index in [0.717, 1.165) is 25.9 Å². The smallest absolute Gasteiger partial charge is 0.306 e. The Bertz CT molecular complexity index is 429. The van der Waals surface area contributed by atoms with Crippen molar-refractivity contribution < 1.29 is 14.3 Å². The maximum Gasteiger partial charge on any atom is 0.306 e. The van der Waals surface area contributed by atoms with E-state index in [1.807, 2.05) is 18.2 Å². The van der Waals surface area contributed by atoms with Gasteiger partial charge in [-0.05, 0) is 30.7 Å². The SMILES string of the molecule is O=C1C[C@H]2CC[C@@H](COCc3ccccc3)C[C@H]2O1. The third-order valence-electron chi connectivity index (χ3n) is 4.21. The van der Waals surface area contributed by atoms with Crippen LogP contribution in [0.2, 0.25) is 0 Å². The standard InChI is InChI=1S/C16H20O3/c17-16-9-14-7-6-13(8-15(14)19-16)11-18-10-12-4-2-1-3-5-12/h1-5,13-15H,6-11H2/t13-,14-,15-/m1/s1. The van der Waals surface area contributed by atoms with Gasteiger partial charge in [0, 0.05) is 12.5 Å². The average molecular weight is 260 g/mol. The van der Waals surface area contributed by atoms with E-state index < -0.39 is 0 Å². The third-order valence-corrected chi connectivity index (χ3v) is 4.21. The van der Waals surface area contributed by atoms with E-state index in [9.17, 15) is 4.79 Å². The van der Waals surface area contributed by atoms with E-state index in [1.54, 1.807) is 0 Å². The topological polar surface area (TPSA) is 35.5 Å². The summed E-state index contributed by atoms with van der Waals surface area (Å²) < 4.78 is 11.2. The maximum atomic E-state index is 11.3. The highest BCUT2D eigenvalue weighted by Crippen LogP contribution is 2.37. The first-order valence-corrected chi connectivity index (χ1v) is 7.12. The Labute approximate surface area is 113 Å². The van der Waals surface area contributed by atoms with Gasteiger partial charge in [0.25, 0.3) is 0 Å². The van der Waals surface area contributed by atoms with E-state index in [-0.39, 0.29) is 12.1 Å². The minimum absolute atomic E-state index is 0.0131. The molecule has 1 aliphatic carbocycles. The van der Waals surface area contributed by atoms with Crippen molar-refractivity contribution in [3.63, 3.8) is 0 Å². The van der Waals surface area contributed by atoms with Crippen LogP contribution in [0.25, 0.3) is 0 Å². The lowest BCUT2D eigenvalue weighted by Gasteiger charge is -2.29. The van der Waals surface area contributed by atoms with Crippen molar-refractivity contribution in [3.05, 3.63) is 35.9 Å². The molecule has 0 amide bonds. The van der Waals surface area contributed by atoms with Gasteiger partial charge in [0.2, 0.25) is 0 Å². The van der Waals surface area contributed by atoms with Gasteiger partial charge < -0.3 is 9.47 Å². The first kappa shape index (κ1) is 12.7. The molecule has 3 atom stereocenters.